The highest BCUT2D eigenvalue weighted by Gasteiger charge is 1.91. The highest BCUT2D eigenvalue weighted by molar-refractivity contribution is 5.11. The lowest BCUT2D eigenvalue weighted by atomic mass is 10.1. The average Bonchev–Trinajstić information content (AvgIpc) is 1.88. The van der Waals surface area contributed by atoms with Gasteiger partial charge >= 0.3 is 0 Å². The van der Waals surface area contributed by atoms with Gasteiger partial charge in [-0.2, -0.15) is 0 Å². The van der Waals surface area contributed by atoms with Crippen molar-refractivity contribution in [1.82, 2.24) is 0 Å². The van der Waals surface area contributed by atoms with Crippen molar-refractivity contribution in [3.8, 4) is 0 Å². The van der Waals surface area contributed by atoms with E-state index in [4.69, 9.17) is 0 Å². The Kier molecular flexibility index (Phi) is 5.38. The van der Waals surface area contributed by atoms with Crippen molar-refractivity contribution in [3.63, 3.8) is 0 Å². The summed E-state index contributed by atoms with van der Waals surface area (Å²) >= 11 is 0. The summed E-state index contributed by atoms with van der Waals surface area (Å²) in [5.41, 5.74) is 2.71. The Morgan fingerprint density at radius 1 is 1.20 bits per heavy atom. The van der Waals surface area contributed by atoms with Crippen LogP contribution in [-0.2, 0) is 0 Å². The van der Waals surface area contributed by atoms with Crippen molar-refractivity contribution in [2.45, 2.75) is 46.5 Å². The van der Waals surface area contributed by atoms with E-state index in [1.165, 1.54) is 36.8 Å². The van der Waals surface area contributed by atoms with Gasteiger partial charge in [-0.1, -0.05) is 30.9 Å². The van der Waals surface area contributed by atoms with Crippen LogP contribution in [0.4, 0.5) is 0 Å². The molecule has 0 bridgehead atoms. The molecule has 10 heavy (non-hydrogen) atoms. The Bertz CT molecular complexity index is 105. The van der Waals surface area contributed by atoms with Crippen molar-refractivity contribution >= 4 is 0 Å². The first kappa shape index (κ1) is 9.74. The Morgan fingerprint density at radius 2 is 1.80 bits per heavy atom. The maximum atomic E-state index is 3.90. The van der Waals surface area contributed by atoms with Gasteiger partial charge in [0.1, 0.15) is 0 Å². The summed E-state index contributed by atoms with van der Waals surface area (Å²) < 4.78 is 0. The number of hydrogen-bond donors (Lipinski definition) is 0. The van der Waals surface area contributed by atoms with Crippen molar-refractivity contribution in [2.24, 2.45) is 0 Å². The first-order valence-corrected chi connectivity index (χ1v) is 4.16. The molecule has 0 saturated carbocycles. The highest BCUT2D eigenvalue weighted by Crippen LogP contribution is 2.11. The summed E-state index contributed by atoms with van der Waals surface area (Å²) in [6.45, 7) is 10.4. The summed E-state index contributed by atoms with van der Waals surface area (Å²) in [6.07, 6.45) is 5.23. The fourth-order valence-electron chi connectivity index (χ4n) is 0.854. The zero-order chi connectivity index (χ0) is 7.98. The normalized spacial score (nSPS) is 13.2. The van der Waals surface area contributed by atoms with E-state index in [0.717, 1.165) is 0 Å². The summed E-state index contributed by atoms with van der Waals surface area (Å²) in [5, 5.41) is 0. The molecule has 0 aliphatic carbocycles. The second kappa shape index (κ2) is 5.52. The molecule has 0 atom stereocenters. The highest BCUT2D eigenvalue weighted by atomic mass is 14.0. The molecule has 0 saturated heterocycles. The molecule has 0 aliphatic rings. The second-order valence-electron chi connectivity index (χ2n) is 3.02. The molecule has 0 aromatic heterocycles. The summed E-state index contributed by atoms with van der Waals surface area (Å²) in [5.74, 6) is 0. The van der Waals surface area contributed by atoms with Crippen LogP contribution in [0.5, 0.6) is 0 Å². The van der Waals surface area contributed by atoms with Gasteiger partial charge < -0.3 is 0 Å². The van der Waals surface area contributed by atoms with E-state index in [1.807, 2.05) is 0 Å². The maximum Gasteiger partial charge on any atom is -0.0283 e. The van der Waals surface area contributed by atoms with Crippen LogP contribution in [0, 0.1) is 6.92 Å². The van der Waals surface area contributed by atoms with Gasteiger partial charge in [0.2, 0.25) is 0 Å². The minimum absolute atomic E-state index is 1.24. The molecule has 0 aromatic rings. The molecule has 0 aliphatic heterocycles. The van der Waals surface area contributed by atoms with E-state index in [9.17, 15) is 0 Å². The average molecular weight is 139 g/mol. The first-order chi connectivity index (χ1) is 4.68. The Balaban J connectivity index is 3.40. The Labute approximate surface area is 65.3 Å². The molecular weight excluding hydrogens is 120 g/mol. The third kappa shape index (κ3) is 4.60. The fraction of sp³-hybridized carbons (Fsp3) is 0.700. The summed E-state index contributed by atoms with van der Waals surface area (Å²) in [7, 11) is 0. The molecule has 0 heterocycles. The number of unbranched alkanes of at least 4 members (excludes halogenated alkanes) is 2. The molecule has 0 unspecified atom stereocenters. The quantitative estimate of drug-likeness (QED) is 0.520. The van der Waals surface area contributed by atoms with Crippen LogP contribution in [0.25, 0.3) is 0 Å². The number of hydrogen-bond acceptors (Lipinski definition) is 0. The molecule has 0 fully saturated rings. The van der Waals surface area contributed by atoms with Crippen LogP contribution in [-0.4, -0.2) is 0 Å². The number of rotatable bonds is 4. The third-order valence-electron chi connectivity index (χ3n) is 1.88. The van der Waals surface area contributed by atoms with E-state index in [1.54, 1.807) is 0 Å². The zero-order valence-corrected chi connectivity index (χ0v) is 7.54. The van der Waals surface area contributed by atoms with E-state index < -0.39 is 0 Å². The summed E-state index contributed by atoms with van der Waals surface area (Å²) in [4.78, 5) is 0. The van der Waals surface area contributed by atoms with Gasteiger partial charge in [0.25, 0.3) is 0 Å². The van der Waals surface area contributed by atoms with Gasteiger partial charge in [-0.15, -0.1) is 0 Å². The molecule has 0 N–H and O–H groups in total. The first-order valence-electron chi connectivity index (χ1n) is 4.16. The molecule has 0 aromatic carbocycles. The van der Waals surface area contributed by atoms with E-state index >= 15 is 0 Å². The van der Waals surface area contributed by atoms with Gasteiger partial charge in [0, 0.05) is 0 Å². The zero-order valence-electron chi connectivity index (χ0n) is 7.54. The van der Waals surface area contributed by atoms with Crippen LogP contribution in [0.1, 0.15) is 46.5 Å². The Morgan fingerprint density at radius 3 is 2.20 bits per heavy atom. The maximum absolute atomic E-state index is 3.90. The molecular formula is C10H19. The van der Waals surface area contributed by atoms with Crippen LogP contribution in [0.3, 0.4) is 0 Å². The van der Waals surface area contributed by atoms with Crippen LogP contribution < -0.4 is 0 Å². The minimum atomic E-state index is 1.24. The smallest absolute Gasteiger partial charge is 0.0283 e. The van der Waals surface area contributed by atoms with Gasteiger partial charge in [-0.3, -0.25) is 0 Å². The monoisotopic (exact) mass is 139 g/mol. The number of allylic oxidation sites excluding steroid dienone is 2. The fourth-order valence-corrected chi connectivity index (χ4v) is 0.854. The predicted molar refractivity (Wildman–Crippen MR) is 47.9 cm³/mol. The molecule has 0 spiro atoms. The lowest BCUT2D eigenvalue weighted by molar-refractivity contribution is 0.711. The van der Waals surface area contributed by atoms with Crippen molar-refractivity contribution in [1.29, 1.82) is 0 Å². The Hall–Kier alpha value is -0.260. The molecule has 59 valence electrons. The lowest BCUT2D eigenvalue weighted by Gasteiger charge is -2.01. The molecule has 0 heteroatoms. The van der Waals surface area contributed by atoms with Crippen molar-refractivity contribution in [3.05, 3.63) is 18.1 Å². The van der Waals surface area contributed by atoms with Gasteiger partial charge in [0.15, 0.2) is 0 Å². The molecule has 0 nitrogen and oxygen atoms in total. The van der Waals surface area contributed by atoms with Crippen LogP contribution >= 0.6 is 0 Å². The predicted octanol–water partition coefficient (Wildman–Crippen LogP) is 3.74. The lowest BCUT2D eigenvalue weighted by Crippen LogP contribution is -1.81. The SMILES string of the molecule is [CH2]/C(C)=C(\C)CCCCC. The van der Waals surface area contributed by atoms with Crippen LogP contribution in [0.15, 0.2) is 11.1 Å². The summed E-state index contributed by atoms with van der Waals surface area (Å²) in [6, 6.07) is 0. The van der Waals surface area contributed by atoms with E-state index in [0.29, 0.717) is 0 Å². The van der Waals surface area contributed by atoms with E-state index in [2.05, 4.69) is 27.7 Å². The molecule has 0 rings (SSSR count). The largest absolute Gasteiger partial charge is 0.0744 e. The molecule has 1 radical (unpaired) electrons. The third-order valence-corrected chi connectivity index (χ3v) is 1.88. The van der Waals surface area contributed by atoms with Crippen molar-refractivity contribution < 1.29 is 0 Å². The molecule has 0 amide bonds. The van der Waals surface area contributed by atoms with E-state index in [-0.39, 0.29) is 0 Å². The van der Waals surface area contributed by atoms with Crippen molar-refractivity contribution in [2.75, 3.05) is 0 Å². The van der Waals surface area contributed by atoms with Gasteiger partial charge in [-0.25, -0.2) is 0 Å². The standard InChI is InChI=1S/C10H19/c1-5-6-7-8-10(4)9(2)3/h2,5-8H2,1,3-4H3/b10-9-. The van der Waals surface area contributed by atoms with Gasteiger partial charge in [0.05, 0.1) is 0 Å². The topological polar surface area (TPSA) is 0 Å². The van der Waals surface area contributed by atoms with Gasteiger partial charge in [-0.05, 0) is 33.6 Å². The minimum Gasteiger partial charge on any atom is -0.0744 e. The van der Waals surface area contributed by atoms with Crippen LogP contribution in [0.2, 0.25) is 0 Å². The second-order valence-corrected chi connectivity index (χ2v) is 3.02.